The Balaban J connectivity index is 1.69. The van der Waals surface area contributed by atoms with Crippen molar-refractivity contribution in [3.8, 4) is 0 Å². The molecular formula is C14H18O. The van der Waals surface area contributed by atoms with Crippen LogP contribution in [-0.2, 0) is 12.8 Å². The number of rotatable bonds is 3. The van der Waals surface area contributed by atoms with Gasteiger partial charge in [0.05, 0.1) is 0 Å². The van der Waals surface area contributed by atoms with Crippen molar-refractivity contribution in [2.75, 3.05) is 6.61 Å². The summed E-state index contributed by atoms with van der Waals surface area (Å²) in [5.41, 5.74) is 3.40. The minimum absolute atomic E-state index is 0.326. The summed E-state index contributed by atoms with van der Waals surface area (Å²) in [7, 11) is 0. The molecular weight excluding hydrogens is 184 g/mol. The SMILES string of the molecule is OCC1(CC2Cc3ccccc3C2)CC1. The number of fused-ring (bicyclic) bond motifs is 1. The van der Waals surface area contributed by atoms with Gasteiger partial charge in [-0.1, -0.05) is 24.3 Å². The quantitative estimate of drug-likeness (QED) is 0.798. The van der Waals surface area contributed by atoms with Crippen LogP contribution < -0.4 is 0 Å². The van der Waals surface area contributed by atoms with Crippen LogP contribution in [0.2, 0.25) is 0 Å². The van der Waals surface area contributed by atoms with Gasteiger partial charge >= 0.3 is 0 Å². The summed E-state index contributed by atoms with van der Waals surface area (Å²) in [6.45, 7) is 0.403. The van der Waals surface area contributed by atoms with Gasteiger partial charge in [0.25, 0.3) is 0 Å². The molecule has 0 spiro atoms. The second-order valence-electron chi connectivity index (χ2n) is 5.41. The molecule has 1 saturated carbocycles. The van der Waals surface area contributed by atoms with Crippen molar-refractivity contribution in [2.45, 2.75) is 32.1 Å². The first-order chi connectivity index (χ1) is 7.31. The molecule has 0 aromatic heterocycles. The van der Waals surface area contributed by atoms with E-state index in [0.29, 0.717) is 12.0 Å². The molecule has 0 bridgehead atoms. The number of hydrogen-bond acceptors (Lipinski definition) is 1. The Morgan fingerprint density at radius 1 is 1.13 bits per heavy atom. The Hall–Kier alpha value is -0.820. The Labute approximate surface area is 91.1 Å². The topological polar surface area (TPSA) is 20.2 Å². The van der Waals surface area contributed by atoms with Gasteiger partial charge in [0.1, 0.15) is 0 Å². The molecule has 0 amide bonds. The van der Waals surface area contributed by atoms with Gasteiger partial charge in [0, 0.05) is 6.61 Å². The lowest BCUT2D eigenvalue weighted by molar-refractivity contribution is 0.185. The second kappa shape index (κ2) is 3.34. The Morgan fingerprint density at radius 3 is 2.20 bits per heavy atom. The fourth-order valence-corrected chi connectivity index (χ4v) is 3.01. The molecule has 1 aromatic rings. The molecule has 1 aromatic carbocycles. The summed E-state index contributed by atoms with van der Waals surface area (Å²) in [6.07, 6.45) is 6.20. The maximum atomic E-state index is 9.33. The van der Waals surface area contributed by atoms with Crippen LogP contribution in [0, 0.1) is 11.3 Å². The lowest BCUT2D eigenvalue weighted by Crippen LogP contribution is -2.13. The van der Waals surface area contributed by atoms with Crippen LogP contribution >= 0.6 is 0 Å². The van der Waals surface area contributed by atoms with Crippen molar-refractivity contribution < 1.29 is 5.11 Å². The minimum Gasteiger partial charge on any atom is -0.396 e. The van der Waals surface area contributed by atoms with Gasteiger partial charge in [-0.15, -0.1) is 0 Å². The average Bonchev–Trinajstić information content (AvgIpc) is 2.91. The van der Waals surface area contributed by atoms with Crippen LogP contribution in [0.1, 0.15) is 30.4 Å². The fourth-order valence-electron chi connectivity index (χ4n) is 3.01. The predicted octanol–water partition coefficient (Wildman–Crippen LogP) is 2.56. The molecule has 80 valence electrons. The summed E-state index contributed by atoms with van der Waals surface area (Å²) in [5.74, 6) is 0.789. The Kier molecular flexibility index (Phi) is 2.10. The maximum absolute atomic E-state index is 9.33. The lowest BCUT2D eigenvalue weighted by Gasteiger charge is -2.16. The molecule has 0 unspecified atom stereocenters. The molecule has 3 rings (SSSR count). The average molecular weight is 202 g/mol. The molecule has 0 radical (unpaired) electrons. The molecule has 1 fully saturated rings. The van der Waals surface area contributed by atoms with E-state index in [2.05, 4.69) is 24.3 Å². The third kappa shape index (κ3) is 1.69. The normalized spacial score (nSPS) is 22.7. The highest BCUT2D eigenvalue weighted by molar-refractivity contribution is 5.32. The van der Waals surface area contributed by atoms with Gasteiger partial charge in [0.15, 0.2) is 0 Å². The monoisotopic (exact) mass is 202 g/mol. The van der Waals surface area contributed by atoms with E-state index in [4.69, 9.17) is 0 Å². The van der Waals surface area contributed by atoms with E-state index < -0.39 is 0 Å². The van der Waals surface area contributed by atoms with Gasteiger partial charge < -0.3 is 5.11 Å². The van der Waals surface area contributed by atoms with E-state index in [9.17, 15) is 5.11 Å². The minimum atomic E-state index is 0.326. The van der Waals surface area contributed by atoms with Gasteiger partial charge in [-0.2, -0.15) is 0 Å². The largest absolute Gasteiger partial charge is 0.396 e. The molecule has 2 aliphatic carbocycles. The second-order valence-corrected chi connectivity index (χ2v) is 5.41. The van der Waals surface area contributed by atoms with Crippen LogP contribution in [0.15, 0.2) is 24.3 Å². The van der Waals surface area contributed by atoms with Crippen molar-refractivity contribution in [2.24, 2.45) is 11.3 Å². The van der Waals surface area contributed by atoms with E-state index in [-0.39, 0.29) is 0 Å². The van der Waals surface area contributed by atoms with Crippen LogP contribution in [0.5, 0.6) is 0 Å². The third-order valence-corrected chi connectivity index (χ3v) is 4.15. The van der Waals surface area contributed by atoms with E-state index in [1.54, 1.807) is 0 Å². The summed E-state index contributed by atoms with van der Waals surface area (Å²) in [5, 5.41) is 9.33. The predicted molar refractivity (Wildman–Crippen MR) is 60.7 cm³/mol. The Bertz CT molecular complexity index is 340. The maximum Gasteiger partial charge on any atom is 0.0487 e. The number of aliphatic hydroxyl groups is 1. The molecule has 1 nitrogen and oxygen atoms in total. The van der Waals surface area contributed by atoms with Crippen molar-refractivity contribution in [3.63, 3.8) is 0 Å². The fraction of sp³-hybridized carbons (Fsp3) is 0.571. The molecule has 0 atom stereocenters. The number of hydrogen-bond donors (Lipinski definition) is 1. The first-order valence-electron chi connectivity index (χ1n) is 5.99. The first kappa shape index (κ1) is 9.41. The van der Waals surface area contributed by atoms with Gasteiger partial charge in [-0.25, -0.2) is 0 Å². The van der Waals surface area contributed by atoms with Crippen molar-refractivity contribution >= 4 is 0 Å². The van der Waals surface area contributed by atoms with E-state index in [1.807, 2.05) is 0 Å². The van der Waals surface area contributed by atoms with Crippen LogP contribution in [0.3, 0.4) is 0 Å². The summed E-state index contributed by atoms with van der Waals surface area (Å²) < 4.78 is 0. The van der Waals surface area contributed by atoms with E-state index in [0.717, 1.165) is 5.92 Å². The summed E-state index contributed by atoms with van der Waals surface area (Å²) in [6, 6.07) is 8.79. The molecule has 1 heteroatoms. The zero-order valence-electron chi connectivity index (χ0n) is 9.08. The van der Waals surface area contributed by atoms with Gasteiger partial charge in [0.2, 0.25) is 0 Å². The third-order valence-electron chi connectivity index (χ3n) is 4.15. The van der Waals surface area contributed by atoms with Gasteiger partial charge in [-0.3, -0.25) is 0 Å². The number of aliphatic hydroxyl groups excluding tert-OH is 1. The lowest BCUT2D eigenvalue weighted by atomic mass is 9.90. The number of benzene rings is 1. The zero-order valence-corrected chi connectivity index (χ0v) is 9.08. The van der Waals surface area contributed by atoms with Crippen molar-refractivity contribution in [3.05, 3.63) is 35.4 Å². The summed E-state index contributed by atoms with van der Waals surface area (Å²) in [4.78, 5) is 0. The zero-order chi connectivity index (χ0) is 10.3. The van der Waals surface area contributed by atoms with Crippen LogP contribution in [-0.4, -0.2) is 11.7 Å². The smallest absolute Gasteiger partial charge is 0.0487 e. The molecule has 15 heavy (non-hydrogen) atoms. The molecule has 0 aliphatic heterocycles. The Morgan fingerprint density at radius 2 is 1.73 bits per heavy atom. The highest BCUT2D eigenvalue weighted by atomic mass is 16.3. The highest BCUT2D eigenvalue weighted by Gasteiger charge is 2.44. The van der Waals surface area contributed by atoms with Crippen molar-refractivity contribution in [1.29, 1.82) is 0 Å². The van der Waals surface area contributed by atoms with E-state index in [1.165, 1.54) is 43.2 Å². The van der Waals surface area contributed by atoms with Crippen LogP contribution in [0.25, 0.3) is 0 Å². The molecule has 1 N–H and O–H groups in total. The standard InChI is InChI=1S/C14H18O/c15-10-14(5-6-14)9-11-7-12-3-1-2-4-13(12)8-11/h1-4,11,15H,5-10H2. The van der Waals surface area contributed by atoms with E-state index >= 15 is 0 Å². The summed E-state index contributed by atoms with van der Waals surface area (Å²) >= 11 is 0. The molecule has 2 aliphatic rings. The van der Waals surface area contributed by atoms with Crippen LogP contribution in [0.4, 0.5) is 0 Å². The molecule has 0 saturated heterocycles. The van der Waals surface area contributed by atoms with Gasteiger partial charge in [-0.05, 0) is 54.6 Å². The van der Waals surface area contributed by atoms with Crippen molar-refractivity contribution in [1.82, 2.24) is 0 Å². The first-order valence-corrected chi connectivity index (χ1v) is 5.99. The molecule has 0 heterocycles. The highest BCUT2D eigenvalue weighted by Crippen LogP contribution is 2.51.